The van der Waals surface area contributed by atoms with E-state index in [4.69, 9.17) is 27.8 Å². The number of ether oxygens (including phenoxy) is 4. The van der Waals surface area contributed by atoms with Gasteiger partial charge in [-0.15, -0.1) is 0 Å². The van der Waals surface area contributed by atoms with Gasteiger partial charge in [0.15, 0.2) is 0 Å². The zero-order valence-corrected chi connectivity index (χ0v) is 18.7. The van der Waals surface area contributed by atoms with Gasteiger partial charge in [-0.25, -0.2) is 0 Å². The summed E-state index contributed by atoms with van der Waals surface area (Å²) in [5.41, 5.74) is -0.110. The van der Waals surface area contributed by atoms with Gasteiger partial charge < -0.3 is 27.8 Å². The van der Waals surface area contributed by atoms with Gasteiger partial charge in [-0.05, 0) is 25.7 Å². The van der Waals surface area contributed by atoms with E-state index in [9.17, 15) is 0 Å². The van der Waals surface area contributed by atoms with Crippen LogP contribution in [0.4, 0.5) is 0 Å². The van der Waals surface area contributed by atoms with Gasteiger partial charge in [-0.3, -0.25) is 0 Å². The molecule has 0 N–H and O–H groups in total. The second kappa shape index (κ2) is 12.5. The lowest BCUT2D eigenvalue weighted by atomic mass is 10.4. The van der Waals surface area contributed by atoms with Crippen molar-refractivity contribution >= 4 is 8.56 Å². The molecule has 0 radical (unpaired) electrons. The van der Waals surface area contributed by atoms with E-state index in [1.54, 1.807) is 0 Å². The molecule has 2 aliphatic heterocycles. The first-order valence-electron chi connectivity index (χ1n) is 10.9. The number of hydrogen-bond acceptors (Lipinski definition) is 6. The van der Waals surface area contributed by atoms with Gasteiger partial charge in [0.05, 0.1) is 26.4 Å². The molecule has 160 valence electrons. The highest BCUT2D eigenvalue weighted by atomic mass is 28.4. The molecule has 4 unspecified atom stereocenters. The van der Waals surface area contributed by atoms with Crippen molar-refractivity contribution in [2.45, 2.75) is 89.9 Å². The molecule has 0 spiro atoms. The van der Waals surface area contributed by atoms with Crippen molar-refractivity contribution in [1.29, 1.82) is 0 Å². The minimum absolute atomic E-state index is 0.0551. The molecule has 0 bridgehead atoms. The Morgan fingerprint density at radius 2 is 1.19 bits per heavy atom. The van der Waals surface area contributed by atoms with Crippen LogP contribution in [0.1, 0.15) is 66.2 Å². The number of hydrogen-bond donors (Lipinski definition) is 0. The zero-order chi connectivity index (χ0) is 19.5. The van der Waals surface area contributed by atoms with Crippen molar-refractivity contribution < 1.29 is 27.8 Å². The molecule has 7 heteroatoms. The lowest BCUT2D eigenvalue weighted by Gasteiger charge is -2.41. The maximum Gasteiger partial charge on any atom is 0.397 e. The van der Waals surface area contributed by atoms with E-state index in [-0.39, 0.29) is 23.7 Å². The van der Waals surface area contributed by atoms with Crippen molar-refractivity contribution in [2.75, 3.05) is 39.6 Å². The predicted octanol–water partition coefficient (Wildman–Crippen LogP) is 3.53. The lowest BCUT2D eigenvalue weighted by molar-refractivity contribution is -0.0129. The average Bonchev–Trinajstić information content (AvgIpc) is 3.57. The van der Waals surface area contributed by atoms with Gasteiger partial charge in [0.2, 0.25) is 0 Å². The maximum absolute atomic E-state index is 6.61. The smallest absolute Gasteiger partial charge is 0.391 e. The minimum Gasteiger partial charge on any atom is -0.391 e. The summed E-state index contributed by atoms with van der Waals surface area (Å²) in [4.78, 5) is 0. The molecular formula is C20H40O6Si. The second-order valence-corrected chi connectivity index (χ2v) is 10.8. The maximum atomic E-state index is 6.61. The van der Waals surface area contributed by atoms with E-state index in [1.165, 1.54) is 0 Å². The molecule has 2 fully saturated rings. The molecule has 0 aliphatic carbocycles. The first-order valence-corrected chi connectivity index (χ1v) is 12.9. The van der Waals surface area contributed by atoms with Crippen molar-refractivity contribution in [3.63, 3.8) is 0 Å². The summed E-state index contributed by atoms with van der Waals surface area (Å²) in [7, 11) is -2.76. The third-order valence-corrected chi connectivity index (χ3v) is 9.32. The van der Waals surface area contributed by atoms with Gasteiger partial charge >= 0.3 is 8.56 Å². The molecule has 2 saturated heterocycles. The summed E-state index contributed by atoms with van der Waals surface area (Å²) in [6.45, 7) is 12.9. The minimum atomic E-state index is -2.76. The van der Waals surface area contributed by atoms with Crippen molar-refractivity contribution in [2.24, 2.45) is 0 Å². The third-order valence-electron chi connectivity index (χ3n) is 5.06. The Balaban J connectivity index is 2.15. The standard InChI is InChI=1S/C20H40O6Si/c1-5-9-11-25-27(26-12-10-6-2,19(7-3)23-15-17-13-21-17)20(8-4)24-16-18-14-22-18/h17-20H,5-16H2,1-4H3. The summed E-state index contributed by atoms with van der Waals surface area (Å²) < 4.78 is 36.6. The van der Waals surface area contributed by atoms with Crippen LogP contribution in [-0.4, -0.2) is 71.9 Å². The zero-order valence-electron chi connectivity index (χ0n) is 17.7. The van der Waals surface area contributed by atoms with E-state index < -0.39 is 8.56 Å². The monoisotopic (exact) mass is 404 g/mol. The lowest BCUT2D eigenvalue weighted by Crippen LogP contribution is -2.64. The first kappa shape index (κ1) is 23.3. The van der Waals surface area contributed by atoms with Gasteiger partial charge in [0.25, 0.3) is 0 Å². The van der Waals surface area contributed by atoms with E-state index >= 15 is 0 Å². The Hall–Kier alpha value is -0.0231. The molecule has 0 aromatic heterocycles. The topological polar surface area (TPSA) is 62.0 Å². The summed E-state index contributed by atoms with van der Waals surface area (Å²) in [5.74, 6) is 0. The molecule has 0 aromatic rings. The van der Waals surface area contributed by atoms with E-state index in [0.29, 0.717) is 26.4 Å². The molecule has 2 rings (SSSR count). The van der Waals surface area contributed by atoms with Gasteiger partial charge in [0, 0.05) is 13.2 Å². The fourth-order valence-corrected chi connectivity index (χ4v) is 7.15. The van der Waals surface area contributed by atoms with Crippen LogP contribution in [0.5, 0.6) is 0 Å². The highest BCUT2D eigenvalue weighted by Crippen LogP contribution is 2.29. The van der Waals surface area contributed by atoms with Crippen molar-refractivity contribution in [3.05, 3.63) is 0 Å². The fourth-order valence-electron chi connectivity index (χ4n) is 3.19. The van der Waals surface area contributed by atoms with Crippen LogP contribution in [0.25, 0.3) is 0 Å². The second-order valence-electron chi connectivity index (χ2n) is 7.50. The van der Waals surface area contributed by atoms with Gasteiger partial charge in [-0.1, -0.05) is 40.5 Å². The van der Waals surface area contributed by atoms with Gasteiger partial charge in [-0.2, -0.15) is 0 Å². The summed E-state index contributed by atoms with van der Waals surface area (Å²) >= 11 is 0. The van der Waals surface area contributed by atoms with Gasteiger partial charge in [0.1, 0.15) is 23.7 Å². The van der Waals surface area contributed by atoms with Crippen LogP contribution in [0.3, 0.4) is 0 Å². The highest BCUT2D eigenvalue weighted by molar-refractivity contribution is 6.70. The molecule has 2 aliphatic rings. The van der Waals surface area contributed by atoms with E-state index in [1.807, 2.05) is 0 Å². The Kier molecular flexibility index (Phi) is 10.8. The molecule has 4 atom stereocenters. The highest BCUT2D eigenvalue weighted by Gasteiger charge is 2.54. The fraction of sp³-hybridized carbons (Fsp3) is 1.00. The largest absolute Gasteiger partial charge is 0.397 e. The predicted molar refractivity (Wildman–Crippen MR) is 107 cm³/mol. The molecule has 0 aromatic carbocycles. The number of unbranched alkanes of at least 4 members (excludes halogenated alkanes) is 2. The Morgan fingerprint density at radius 1 is 0.778 bits per heavy atom. The third kappa shape index (κ3) is 7.72. The van der Waals surface area contributed by atoms with E-state index in [2.05, 4.69) is 27.7 Å². The normalized spacial score (nSPS) is 24.0. The SMILES string of the molecule is CCCCO[Si](OCCCC)(C(CC)OCC1CO1)C(CC)OCC1CO1. The molecule has 2 heterocycles. The van der Waals surface area contributed by atoms with Crippen LogP contribution >= 0.6 is 0 Å². The molecule has 27 heavy (non-hydrogen) atoms. The number of epoxide rings is 2. The summed E-state index contributed by atoms with van der Waals surface area (Å²) in [5, 5.41) is 0. The summed E-state index contributed by atoms with van der Waals surface area (Å²) in [6, 6.07) is 0. The molecule has 0 saturated carbocycles. The summed E-state index contributed by atoms with van der Waals surface area (Å²) in [6.07, 6.45) is 6.43. The van der Waals surface area contributed by atoms with Crippen LogP contribution in [0.15, 0.2) is 0 Å². The molecule has 6 nitrogen and oxygen atoms in total. The first-order chi connectivity index (χ1) is 13.2. The Bertz CT molecular complexity index is 353. The van der Waals surface area contributed by atoms with Crippen LogP contribution in [-0.2, 0) is 27.8 Å². The number of rotatable bonds is 18. The van der Waals surface area contributed by atoms with Crippen LogP contribution in [0, 0.1) is 0 Å². The Labute approximate surface area is 166 Å². The Morgan fingerprint density at radius 3 is 1.48 bits per heavy atom. The van der Waals surface area contributed by atoms with Crippen LogP contribution < -0.4 is 0 Å². The van der Waals surface area contributed by atoms with E-state index in [0.717, 1.165) is 51.7 Å². The van der Waals surface area contributed by atoms with Crippen molar-refractivity contribution in [3.8, 4) is 0 Å². The molecule has 0 amide bonds. The molecular weight excluding hydrogens is 364 g/mol. The average molecular weight is 405 g/mol. The van der Waals surface area contributed by atoms with Crippen molar-refractivity contribution in [1.82, 2.24) is 0 Å². The van der Waals surface area contributed by atoms with Crippen LogP contribution in [0.2, 0.25) is 0 Å². The quantitative estimate of drug-likeness (QED) is 0.198.